The fraction of sp³-hybridized carbons (Fsp3) is 0.611. The van der Waals surface area contributed by atoms with Crippen LogP contribution in [0.25, 0.3) is 0 Å². The van der Waals surface area contributed by atoms with Crippen LogP contribution in [-0.4, -0.2) is 38.4 Å². The van der Waals surface area contributed by atoms with E-state index in [9.17, 15) is 4.79 Å². The minimum absolute atomic E-state index is 0.140. The van der Waals surface area contributed by atoms with Gasteiger partial charge in [-0.25, -0.2) is 0 Å². The standard InChI is InChI=1S/C18H29NO4/c1-6-22-11-12-23-16-9-7-15(8-10-16)19-17(20)18(4,21-5)13-14(2)3/h7-10,14H,6,11-13H2,1-5H3,(H,19,20). The lowest BCUT2D eigenvalue weighted by atomic mass is 9.93. The van der Waals surface area contributed by atoms with Crippen molar-refractivity contribution in [2.24, 2.45) is 5.92 Å². The first-order valence-corrected chi connectivity index (χ1v) is 8.08. The Balaban J connectivity index is 2.58. The number of methoxy groups -OCH3 is 1. The van der Waals surface area contributed by atoms with Crippen LogP contribution in [0, 0.1) is 5.92 Å². The topological polar surface area (TPSA) is 56.8 Å². The maximum Gasteiger partial charge on any atom is 0.256 e. The van der Waals surface area contributed by atoms with E-state index in [1.54, 1.807) is 7.11 Å². The fourth-order valence-corrected chi connectivity index (χ4v) is 2.31. The van der Waals surface area contributed by atoms with Crippen LogP contribution in [0.1, 0.15) is 34.1 Å². The number of rotatable bonds is 10. The van der Waals surface area contributed by atoms with Gasteiger partial charge in [0.05, 0.1) is 6.61 Å². The number of nitrogens with one attached hydrogen (secondary N) is 1. The summed E-state index contributed by atoms with van der Waals surface area (Å²) in [6.07, 6.45) is 0.661. The van der Waals surface area contributed by atoms with Crippen molar-refractivity contribution in [1.29, 1.82) is 0 Å². The average Bonchev–Trinajstić information content (AvgIpc) is 2.52. The molecule has 1 atom stereocenters. The van der Waals surface area contributed by atoms with Crippen LogP contribution in [0.2, 0.25) is 0 Å². The summed E-state index contributed by atoms with van der Waals surface area (Å²) in [5.41, 5.74) is -0.111. The number of hydrogen-bond donors (Lipinski definition) is 1. The van der Waals surface area contributed by atoms with Gasteiger partial charge in [-0.1, -0.05) is 13.8 Å². The Hall–Kier alpha value is -1.59. The lowest BCUT2D eigenvalue weighted by molar-refractivity contribution is -0.137. The van der Waals surface area contributed by atoms with Gasteiger partial charge in [-0.3, -0.25) is 4.79 Å². The molecule has 0 aliphatic carbocycles. The molecule has 1 N–H and O–H groups in total. The van der Waals surface area contributed by atoms with E-state index in [2.05, 4.69) is 19.2 Å². The van der Waals surface area contributed by atoms with Gasteiger partial charge in [0.25, 0.3) is 5.91 Å². The number of benzene rings is 1. The summed E-state index contributed by atoms with van der Waals surface area (Å²) >= 11 is 0. The highest BCUT2D eigenvalue weighted by molar-refractivity contribution is 5.97. The van der Waals surface area contributed by atoms with Crippen molar-refractivity contribution in [2.45, 2.75) is 39.7 Å². The number of carbonyl (C=O) groups is 1. The summed E-state index contributed by atoms with van der Waals surface area (Å²) in [7, 11) is 1.57. The number of anilines is 1. The lowest BCUT2D eigenvalue weighted by Gasteiger charge is -2.28. The van der Waals surface area contributed by atoms with E-state index in [0.717, 1.165) is 11.4 Å². The summed E-state index contributed by atoms with van der Waals surface area (Å²) in [5.74, 6) is 0.977. The highest BCUT2D eigenvalue weighted by atomic mass is 16.5. The first kappa shape index (κ1) is 19.5. The summed E-state index contributed by atoms with van der Waals surface area (Å²) in [6.45, 7) is 9.66. The van der Waals surface area contributed by atoms with E-state index in [-0.39, 0.29) is 5.91 Å². The molecule has 0 heterocycles. The molecular formula is C18H29NO4. The smallest absolute Gasteiger partial charge is 0.256 e. The van der Waals surface area contributed by atoms with Crippen molar-refractivity contribution >= 4 is 11.6 Å². The first-order chi connectivity index (χ1) is 10.9. The van der Waals surface area contributed by atoms with Crippen LogP contribution in [0.4, 0.5) is 5.69 Å². The molecule has 0 aliphatic heterocycles. The highest BCUT2D eigenvalue weighted by Crippen LogP contribution is 2.23. The maximum absolute atomic E-state index is 12.4. The van der Waals surface area contributed by atoms with Crippen LogP contribution in [0.3, 0.4) is 0 Å². The van der Waals surface area contributed by atoms with Crippen molar-refractivity contribution in [3.63, 3.8) is 0 Å². The molecule has 0 saturated carbocycles. The molecular weight excluding hydrogens is 294 g/mol. The van der Waals surface area contributed by atoms with Gasteiger partial charge in [0.15, 0.2) is 0 Å². The number of carbonyl (C=O) groups excluding carboxylic acids is 1. The van der Waals surface area contributed by atoms with Crippen molar-refractivity contribution < 1.29 is 19.0 Å². The minimum Gasteiger partial charge on any atom is -0.491 e. The van der Waals surface area contributed by atoms with Crippen LogP contribution < -0.4 is 10.1 Å². The third-order valence-corrected chi connectivity index (χ3v) is 3.54. The van der Waals surface area contributed by atoms with Crippen LogP contribution in [0.15, 0.2) is 24.3 Å². The Morgan fingerprint density at radius 2 is 1.87 bits per heavy atom. The van der Waals surface area contributed by atoms with Crippen LogP contribution in [0.5, 0.6) is 5.75 Å². The summed E-state index contributed by atoms with van der Waals surface area (Å²) in [6, 6.07) is 7.29. The molecule has 0 bridgehead atoms. The lowest BCUT2D eigenvalue weighted by Crippen LogP contribution is -2.43. The monoisotopic (exact) mass is 323 g/mol. The molecule has 0 spiro atoms. The van der Waals surface area contributed by atoms with Gasteiger partial charge in [0.1, 0.15) is 18.0 Å². The molecule has 1 rings (SSSR count). The fourth-order valence-electron chi connectivity index (χ4n) is 2.31. The van der Waals surface area contributed by atoms with Gasteiger partial charge in [-0.2, -0.15) is 0 Å². The number of amides is 1. The Bertz CT molecular complexity index is 472. The van der Waals surface area contributed by atoms with Gasteiger partial charge in [-0.15, -0.1) is 0 Å². The Kier molecular flexibility index (Phi) is 8.06. The molecule has 0 fully saturated rings. The van der Waals surface area contributed by atoms with Crippen molar-refractivity contribution in [3.05, 3.63) is 24.3 Å². The normalized spacial score (nSPS) is 13.7. The zero-order valence-electron chi connectivity index (χ0n) is 14.8. The van der Waals surface area contributed by atoms with Crippen LogP contribution in [-0.2, 0) is 14.3 Å². The predicted octanol–water partition coefficient (Wildman–Crippen LogP) is 3.49. The van der Waals surface area contributed by atoms with E-state index in [0.29, 0.717) is 32.2 Å². The van der Waals surface area contributed by atoms with Gasteiger partial charge >= 0.3 is 0 Å². The highest BCUT2D eigenvalue weighted by Gasteiger charge is 2.33. The maximum atomic E-state index is 12.4. The van der Waals surface area contributed by atoms with Gasteiger partial charge < -0.3 is 19.5 Å². The molecule has 1 unspecified atom stereocenters. The van der Waals surface area contributed by atoms with E-state index in [1.165, 1.54) is 0 Å². The summed E-state index contributed by atoms with van der Waals surface area (Å²) in [5, 5.41) is 2.90. The largest absolute Gasteiger partial charge is 0.491 e. The second-order valence-corrected chi connectivity index (χ2v) is 6.06. The molecule has 130 valence electrons. The molecule has 5 nitrogen and oxygen atoms in total. The van der Waals surface area contributed by atoms with E-state index in [4.69, 9.17) is 14.2 Å². The molecule has 1 aromatic carbocycles. The minimum atomic E-state index is -0.833. The third-order valence-electron chi connectivity index (χ3n) is 3.54. The molecule has 1 amide bonds. The van der Waals surface area contributed by atoms with E-state index < -0.39 is 5.60 Å². The predicted molar refractivity (Wildman–Crippen MR) is 91.9 cm³/mol. The SMILES string of the molecule is CCOCCOc1ccc(NC(=O)C(C)(CC(C)C)OC)cc1. The number of hydrogen-bond acceptors (Lipinski definition) is 4. The van der Waals surface area contributed by atoms with Gasteiger partial charge in [0, 0.05) is 19.4 Å². The summed E-state index contributed by atoms with van der Waals surface area (Å²) in [4.78, 5) is 12.4. The van der Waals surface area contributed by atoms with Crippen LogP contribution >= 0.6 is 0 Å². The molecule has 0 aromatic heterocycles. The molecule has 1 aromatic rings. The zero-order chi connectivity index (χ0) is 17.3. The summed E-state index contributed by atoms with van der Waals surface area (Å²) < 4.78 is 16.2. The molecule has 5 heteroatoms. The molecule has 0 aliphatic rings. The van der Waals surface area contributed by atoms with E-state index in [1.807, 2.05) is 38.1 Å². The molecule has 0 saturated heterocycles. The quantitative estimate of drug-likeness (QED) is 0.670. The molecule has 23 heavy (non-hydrogen) atoms. The van der Waals surface area contributed by atoms with Crippen molar-refractivity contribution in [3.8, 4) is 5.75 Å². The second-order valence-electron chi connectivity index (χ2n) is 6.06. The Labute approximate surface area is 139 Å². The zero-order valence-corrected chi connectivity index (χ0v) is 14.8. The van der Waals surface area contributed by atoms with E-state index >= 15 is 0 Å². The Morgan fingerprint density at radius 1 is 1.22 bits per heavy atom. The first-order valence-electron chi connectivity index (χ1n) is 8.08. The number of ether oxygens (including phenoxy) is 3. The molecule has 0 radical (unpaired) electrons. The Morgan fingerprint density at radius 3 is 2.39 bits per heavy atom. The van der Waals surface area contributed by atoms with Crippen molar-refractivity contribution in [2.75, 3.05) is 32.2 Å². The third kappa shape index (κ3) is 6.59. The van der Waals surface area contributed by atoms with Gasteiger partial charge in [-0.05, 0) is 50.5 Å². The average molecular weight is 323 g/mol. The van der Waals surface area contributed by atoms with Gasteiger partial charge in [0.2, 0.25) is 0 Å². The second kappa shape index (κ2) is 9.53. The van der Waals surface area contributed by atoms with Crippen molar-refractivity contribution in [1.82, 2.24) is 0 Å².